The lowest BCUT2D eigenvalue weighted by Crippen LogP contribution is -2.28. The van der Waals surface area contributed by atoms with Crippen LogP contribution in [0.15, 0.2) is 0 Å². The van der Waals surface area contributed by atoms with Gasteiger partial charge >= 0.3 is 0 Å². The molecule has 0 aliphatic carbocycles. The van der Waals surface area contributed by atoms with E-state index in [2.05, 4.69) is 6.92 Å². The average Bonchev–Trinajstić information content (AvgIpc) is 2.74. The Hall–Kier alpha value is -0.240. The Labute approximate surface area is 111 Å². The molecule has 0 bridgehead atoms. The Morgan fingerprint density at radius 3 is 2.41 bits per heavy atom. The highest BCUT2D eigenvalue weighted by Gasteiger charge is 2.23. The first kappa shape index (κ1) is 14.8. The third kappa shape index (κ3) is 6.30. The van der Waals surface area contributed by atoms with Crippen molar-refractivity contribution in [2.24, 2.45) is 0 Å². The first-order chi connectivity index (χ1) is 8.24. The Morgan fingerprint density at radius 2 is 1.82 bits per heavy atom. The molecular weight excluding hydrogens is 234 g/mol. The molecule has 1 saturated heterocycles. The van der Waals surface area contributed by atoms with Gasteiger partial charge in [0.2, 0.25) is 5.91 Å². The zero-order valence-corrected chi connectivity index (χ0v) is 11.8. The van der Waals surface area contributed by atoms with Crippen molar-refractivity contribution in [1.82, 2.24) is 4.90 Å². The molecule has 17 heavy (non-hydrogen) atoms. The Kier molecular flexibility index (Phi) is 7.67. The number of likely N-dealkylation sites (tertiary alicyclic amines) is 1. The van der Waals surface area contributed by atoms with Gasteiger partial charge in [0.05, 0.1) is 5.38 Å². The van der Waals surface area contributed by atoms with Crippen molar-refractivity contribution in [3.63, 3.8) is 0 Å². The van der Waals surface area contributed by atoms with E-state index in [4.69, 9.17) is 11.6 Å². The number of amides is 1. The van der Waals surface area contributed by atoms with Crippen molar-refractivity contribution < 1.29 is 4.79 Å². The van der Waals surface area contributed by atoms with Crippen LogP contribution >= 0.6 is 11.6 Å². The number of unbranched alkanes of at least 4 members (excludes halogenated alkanes) is 6. The molecule has 0 radical (unpaired) electrons. The van der Waals surface area contributed by atoms with E-state index in [1.54, 1.807) is 0 Å². The van der Waals surface area contributed by atoms with Gasteiger partial charge in [0.1, 0.15) is 0 Å². The first-order valence-electron chi connectivity index (χ1n) is 7.16. The maximum atomic E-state index is 11.8. The zero-order chi connectivity index (χ0) is 12.5. The topological polar surface area (TPSA) is 20.3 Å². The van der Waals surface area contributed by atoms with Crippen molar-refractivity contribution in [3.05, 3.63) is 0 Å². The van der Waals surface area contributed by atoms with E-state index in [-0.39, 0.29) is 5.38 Å². The molecule has 1 amide bonds. The van der Waals surface area contributed by atoms with Crippen molar-refractivity contribution in [1.29, 1.82) is 0 Å². The molecule has 100 valence electrons. The van der Waals surface area contributed by atoms with Crippen LogP contribution in [0.3, 0.4) is 0 Å². The quantitative estimate of drug-likeness (QED) is 0.477. The molecule has 0 aromatic rings. The van der Waals surface area contributed by atoms with E-state index >= 15 is 0 Å². The van der Waals surface area contributed by atoms with Crippen molar-refractivity contribution in [3.8, 4) is 0 Å². The molecule has 1 atom stereocenters. The highest BCUT2D eigenvalue weighted by molar-refractivity contribution is 6.21. The predicted molar refractivity (Wildman–Crippen MR) is 73.4 cm³/mol. The summed E-state index contributed by atoms with van der Waals surface area (Å²) >= 11 is 5.99. The van der Waals surface area contributed by atoms with Crippen LogP contribution in [0.25, 0.3) is 0 Å². The normalized spacial score (nSPS) is 19.9. The summed E-state index contributed by atoms with van der Waals surface area (Å²) in [6, 6.07) is 0. The molecule has 0 saturated carbocycles. The van der Waals surface area contributed by atoms with E-state index in [0.29, 0.717) is 5.91 Å². The van der Waals surface area contributed by atoms with Gasteiger partial charge in [0, 0.05) is 19.5 Å². The summed E-state index contributed by atoms with van der Waals surface area (Å²) < 4.78 is 0. The van der Waals surface area contributed by atoms with Gasteiger partial charge in [0.15, 0.2) is 0 Å². The van der Waals surface area contributed by atoms with Gasteiger partial charge in [-0.3, -0.25) is 4.79 Å². The lowest BCUT2D eigenvalue weighted by Gasteiger charge is -2.15. The van der Waals surface area contributed by atoms with Crippen LogP contribution < -0.4 is 0 Å². The van der Waals surface area contributed by atoms with Crippen molar-refractivity contribution in [2.75, 3.05) is 13.1 Å². The molecule has 1 heterocycles. The third-order valence-corrected chi connectivity index (χ3v) is 3.83. The molecule has 0 aromatic carbocycles. The summed E-state index contributed by atoms with van der Waals surface area (Å²) in [5.41, 5.74) is 0. The maximum Gasteiger partial charge on any atom is 0.222 e. The van der Waals surface area contributed by atoms with Gasteiger partial charge in [-0.25, -0.2) is 0 Å². The van der Waals surface area contributed by atoms with E-state index < -0.39 is 0 Å². The summed E-state index contributed by atoms with van der Waals surface area (Å²) in [6.07, 6.45) is 10.5. The summed E-state index contributed by atoms with van der Waals surface area (Å²) in [4.78, 5) is 13.7. The highest BCUT2D eigenvalue weighted by Crippen LogP contribution is 2.16. The van der Waals surface area contributed by atoms with Crippen LogP contribution in [-0.2, 0) is 4.79 Å². The van der Waals surface area contributed by atoms with Gasteiger partial charge in [-0.2, -0.15) is 0 Å². The highest BCUT2D eigenvalue weighted by atomic mass is 35.5. The van der Waals surface area contributed by atoms with E-state index in [9.17, 15) is 4.79 Å². The number of carbonyl (C=O) groups excluding carboxylic acids is 1. The summed E-state index contributed by atoms with van der Waals surface area (Å²) in [6.45, 7) is 3.86. The van der Waals surface area contributed by atoms with Crippen molar-refractivity contribution >= 4 is 17.5 Å². The van der Waals surface area contributed by atoms with E-state index in [0.717, 1.165) is 32.4 Å². The molecule has 1 aliphatic rings. The van der Waals surface area contributed by atoms with Gasteiger partial charge in [-0.1, -0.05) is 45.4 Å². The van der Waals surface area contributed by atoms with Crippen LogP contribution in [-0.4, -0.2) is 29.3 Å². The van der Waals surface area contributed by atoms with Gasteiger partial charge in [-0.15, -0.1) is 11.6 Å². The fourth-order valence-electron chi connectivity index (χ4n) is 2.34. The number of nitrogens with zero attached hydrogens (tertiary/aromatic N) is 1. The van der Waals surface area contributed by atoms with E-state index in [1.807, 2.05) is 4.90 Å². The number of halogens is 1. The number of rotatable bonds is 8. The Balaban J connectivity index is 1.93. The predicted octanol–water partition coefficient (Wildman–Crippen LogP) is 3.97. The molecule has 1 unspecified atom stereocenters. The first-order valence-corrected chi connectivity index (χ1v) is 7.59. The van der Waals surface area contributed by atoms with Crippen LogP contribution in [0.4, 0.5) is 0 Å². The summed E-state index contributed by atoms with van der Waals surface area (Å²) in [7, 11) is 0. The van der Waals surface area contributed by atoms with Gasteiger partial charge in [-0.05, 0) is 12.8 Å². The minimum Gasteiger partial charge on any atom is -0.341 e. The summed E-state index contributed by atoms with van der Waals surface area (Å²) in [5.74, 6) is 0.307. The number of alkyl halides is 1. The number of hydrogen-bond acceptors (Lipinski definition) is 1. The number of carbonyl (C=O) groups is 1. The van der Waals surface area contributed by atoms with Crippen LogP contribution in [0.1, 0.15) is 64.7 Å². The Bertz CT molecular complexity index is 220. The molecule has 0 spiro atoms. The second kappa shape index (κ2) is 8.79. The molecule has 1 aliphatic heterocycles. The Morgan fingerprint density at radius 1 is 1.18 bits per heavy atom. The lowest BCUT2D eigenvalue weighted by atomic mass is 10.1. The van der Waals surface area contributed by atoms with Gasteiger partial charge < -0.3 is 4.90 Å². The second-order valence-corrected chi connectivity index (χ2v) is 5.71. The van der Waals surface area contributed by atoms with Gasteiger partial charge in [0.25, 0.3) is 0 Å². The van der Waals surface area contributed by atoms with Crippen LogP contribution in [0.2, 0.25) is 0 Å². The minimum absolute atomic E-state index is 0.188. The molecule has 0 N–H and O–H groups in total. The van der Waals surface area contributed by atoms with E-state index in [1.165, 1.54) is 38.5 Å². The monoisotopic (exact) mass is 259 g/mol. The van der Waals surface area contributed by atoms with Crippen LogP contribution in [0.5, 0.6) is 0 Å². The minimum atomic E-state index is 0.188. The van der Waals surface area contributed by atoms with Crippen LogP contribution in [0, 0.1) is 0 Å². The SMILES string of the molecule is CCCCCCCCCC(=O)N1CCC(Cl)C1. The third-order valence-electron chi connectivity index (χ3n) is 3.48. The number of hydrogen-bond donors (Lipinski definition) is 0. The molecule has 1 rings (SSSR count). The zero-order valence-electron chi connectivity index (χ0n) is 11.1. The smallest absolute Gasteiger partial charge is 0.222 e. The fourth-order valence-corrected chi connectivity index (χ4v) is 2.60. The van der Waals surface area contributed by atoms with Crippen molar-refractivity contribution in [2.45, 2.75) is 70.1 Å². The fraction of sp³-hybridized carbons (Fsp3) is 0.929. The molecule has 2 nitrogen and oxygen atoms in total. The molecule has 1 fully saturated rings. The molecule has 3 heteroatoms. The maximum absolute atomic E-state index is 11.8. The largest absolute Gasteiger partial charge is 0.341 e. The lowest BCUT2D eigenvalue weighted by molar-refractivity contribution is -0.130. The average molecular weight is 260 g/mol. The summed E-state index contributed by atoms with van der Waals surface area (Å²) in [5, 5.41) is 0.188. The molecule has 0 aromatic heterocycles. The standard InChI is InChI=1S/C14H26ClNO/c1-2-3-4-5-6-7-8-9-14(17)16-11-10-13(15)12-16/h13H,2-12H2,1H3. The second-order valence-electron chi connectivity index (χ2n) is 5.10. The molecular formula is C14H26ClNO.